The van der Waals surface area contributed by atoms with Gasteiger partial charge in [0.25, 0.3) is 6.71 Å². The van der Waals surface area contributed by atoms with Crippen LogP contribution in [0.4, 0.5) is 39.8 Å². The Balaban J connectivity index is 0.932. The molecule has 5 heteroatoms. The monoisotopic (exact) mass is 1340 g/mol. The smallest absolute Gasteiger partial charge is 0.252 e. The van der Waals surface area contributed by atoms with Crippen LogP contribution < -0.4 is 31.1 Å². The summed E-state index contributed by atoms with van der Waals surface area (Å²) in [6, 6.07) is 116. The average molecular weight is 1340 g/mol. The van der Waals surface area contributed by atoms with Crippen LogP contribution in [0.1, 0.15) is 84.8 Å². The van der Waals surface area contributed by atoms with Crippen molar-refractivity contribution >= 4 is 117 Å². The van der Waals surface area contributed by atoms with Gasteiger partial charge in [-0.25, -0.2) is 0 Å². The molecule has 4 fully saturated rings. The van der Waals surface area contributed by atoms with Crippen LogP contribution in [0.15, 0.2) is 297 Å². The minimum absolute atomic E-state index is 0.0555. The van der Waals surface area contributed by atoms with Crippen molar-refractivity contribution in [3.63, 3.8) is 0 Å². The van der Waals surface area contributed by atoms with E-state index in [9.17, 15) is 0 Å². The number of hydrogen-bond acceptors (Lipinski definition) is 3. The minimum Gasteiger partial charge on any atom is -0.365 e. The van der Waals surface area contributed by atoms with Gasteiger partial charge in [-0.3, -0.25) is 0 Å². The lowest BCUT2D eigenvalue weighted by molar-refractivity contribution is 0.0900. The third kappa shape index (κ3) is 9.44. The van der Waals surface area contributed by atoms with Crippen LogP contribution in [0.2, 0.25) is 0 Å². The van der Waals surface area contributed by atoms with Crippen molar-refractivity contribution in [3.05, 3.63) is 308 Å². The first-order valence-corrected chi connectivity index (χ1v) is 37.9. The molecule has 4 bridgehead atoms. The maximum Gasteiger partial charge on any atom is 0.252 e. The van der Waals surface area contributed by atoms with Crippen molar-refractivity contribution in [3.8, 4) is 61.3 Å². The summed E-state index contributed by atoms with van der Waals surface area (Å²) in [4.78, 5) is 8.54. The molecule has 15 aromatic carbocycles. The van der Waals surface area contributed by atoms with E-state index in [-0.39, 0.29) is 17.5 Å². The van der Waals surface area contributed by atoms with E-state index in [1.54, 1.807) is 0 Å². The molecular formula is C99H81BN4. The molecule has 0 amide bonds. The fraction of sp³-hybridized carbons (Fsp3) is 0.172. The standard InChI is InChI=1S/C99H81BN4/c1-98(2,3)71-52-68-41-42-69-53-72(99(4,5)6)57-84-83(55-70(54-71)93(68)94(69)84)67-43-45-85-89(56-67)103(96-77(63-25-11-7-12-26-63)35-23-36-78(96)64-27-13-8-14-28-64)91-59-76(101-74-48-61-47-62(50-74)51-75(101)49-61)60-92-95(91)100(85)86-46-44-73(102-87-39-21-19-33-81(87)82-34-20-22-40-88(82)102)58-90(86)104(92)97-79(65-29-15-9-16-30-65)37-24-38-80(97)66-31-17-10-18-32-66/h7-46,52-62,74-75H,47-51H2,1-6H3. The Bertz CT molecular complexity index is 5960. The first-order chi connectivity index (χ1) is 50.8. The largest absolute Gasteiger partial charge is 0.365 e. The number of nitrogens with zero attached hydrogens (tertiary/aromatic N) is 4. The van der Waals surface area contributed by atoms with Gasteiger partial charge in [-0.15, -0.1) is 0 Å². The van der Waals surface area contributed by atoms with Crippen LogP contribution in [0.3, 0.4) is 0 Å². The zero-order valence-corrected chi connectivity index (χ0v) is 60.0. The molecule has 0 atom stereocenters. The highest BCUT2D eigenvalue weighted by Crippen LogP contribution is 2.58. The Labute approximate surface area is 610 Å². The van der Waals surface area contributed by atoms with Gasteiger partial charge in [0, 0.05) is 79.2 Å². The number of hydrogen-bond donors (Lipinski definition) is 0. The van der Waals surface area contributed by atoms with Crippen LogP contribution in [-0.4, -0.2) is 23.4 Å². The topological polar surface area (TPSA) is 14.7 Å². The number of anilines is 7. The van der Waals surface area contributed by atoms with Crippen LogP contribution in [0.25, 0.3) is 115 Å². The lowest BCUT2D eigenvalue weighted by Gasteiger charge is -2.58. The highest BCUT2D eigenvalue weighted by Gasteiger charge is 2.50. The summed E-state index contributed by atoms with van der Waals surface area (Å²) < 4.78 is 2.53. The first-order valence-electron chi connectivity index (χ1n) is 37.9. The normalized spacial score (nSPS) is 17.4. The molecule has 0 spiro atoms. The molecule has 5 heterocycles. The number of para-hydroxylation sites is 4. The molecule has 16 aromatic rings. The molecule has 0 N–H and O–H groups in total. The second kappa shape index (κ2) is 23.1. The molecular weight excluding hydrogens is 1260 g/mol. The van der Waals surface area contributed by atoms with E-state index in [2.05, 4.69) is 358 Å². The molecule has 4 nitrogen and oxygen atoms in total. The van der Waals surface area contributed by atoms with Gasteiger partial charge in [0.1, 0.15) is 0 Å². The van der Waals surface area contributed by atoms with Gasteiger partial charge in [-0.2, -0.15) is 0 Å². The van der Waals surface area contributed by atoms with Crippen molar-refractivity contribution < 1.29 is 0 Å². The molecule has 4 aliphatic heterocycles. The lowest BCUT2D eigenvalue weighted by Crippen LogP contribution is -2.62. The first kappa shape index (κ1) is 61.3. The number of benzene rings is 15. The van der Waals surface area contributed by atoms with Crippen LogP contribution >= 0.6 is 0 Å². The SMILES string of the molecule is CC(C)(C)c1cc2ccc3cc(C(C)(C)C)cc4c(-c5ccc6c(c5)N(c5c(-c7ccccc7)cccc5-c5ccccc5)c5cc(N7C8CC9CC(C8)CC7C9)cc7c5B6c5ccc(-n6c8ccccc8c8ccccc86)cc5N7c5c(-c6ccccc6)cccc5-c5ccccc5)cc(c1)c2c34. The number of piperidine rings is 2. The average Bonchev–Trinajstić information content (AvgIpc) is 0.764. The maximum absolute atomic E-state index is 2.97. The quantitative estimate of drug-likeness (QED) is 0.106. The van der Waals surface area contributed by atoms with E-state index < -0.39 is 0 Å². The molecule has 0 radical (unpaired) electrons. The summed E-state index contributed by atoms with van der Waals surface area (Å²) in [6.45, 7) is 14.0. The molecule has 22 rings (SSSR count). The fourth-order valence-corrected chi connectivity index (χ4v) is 20.1. The van der Waals surface area contributed by atoms with Crippen molar-refractivity contribution in [2.75, 3.05) is 14.7 Å². The summed E-state index contributed by atoms with van der Waals surface area (Å²) in [5.74, 6) is 1.55. The van der Waals surface area contributed by atoms with Crippen molar-refractivity contribution in [2.45, 2.75) is 96.6 Å². The third-order valence-corrected chi connectivity index (χ3v) is 24.6. The summed E-state index contributed by atoms with van der Waals surface area (Å²) in [5, 5.41) is 10.4. The van der Waals surface area contributed by atoms with Gasteiger partial charge in [0.15, 0.2) is 0 Å². The predicted octanol–water partition coefficient (Wildman–Crippen LogP) is 24.5. The van der Waals surface area contributed by atoms with E-state index in [0.29, 0.717) is 12.1 Å². The highest BCUT2D eigenvalue weighted by atomic mass is 15.2. The van der Waals surface area contributed by atoms with Crippen LogP contribution in [0.5, 0.6) is 0 Å². The molecule has 500 valence electrons. The number of rotatable bonds is 9. The van der Waals surface area contributed by atoms with E-state index in [4.69, 9.17) is 0 Å². The number of aromatic nitrogens is 1. The van der Waals surface area contributed by atoms with Crippen molar-refractivity contribution in [2.24, 2.45) is 11.8 Å². The number of fused-ring (bicyclic) bond motifs is 7. The van der Waals surface area contributed by atoms with Gasteiger partial charge >= 0.3 is 0 Å². The second-order valence-corrected chi connectivity index (χ2v) is 32.8. The zero-order valence-electron chi connectivity index (χ0n) is 60.0. The van der Waals surface area contributed by atoms with Gasteiger partial charge in [-0.1, -0.05) is 284 Å². The molecule has 6 aliphatic rings. The summed E-state index contributed by atoms with van der Waals surface area (Å²) >= 11 is 0. The predicted molar refractivity (Wildman–Crippen MR) is 443 cm³/mol. The van der Waals surface area contributed by atoms with Crippen molar-refractivity contribution in [1.29, 1.82) is 0 Å². The van der Waals surface area contributed by atoms with Gasteiger partial charge < -0.3 is 19.3 Å². The van der Waals surface area contributed by atoms with Crippen LogP contribution in [0, 0.1) is 11.8 Å². The Morgan fingerprint density at radius 1 is 0.308 bits per heavy atom. The summed E-state index contributed by atoms with van der Waals surface area (Å²) in [7, 11) is 0. The molecule has 104 heavy (non-hydrogen) atoms. The molecule has 2 saturated heterocycles. The summed E-state index contributed by atoms with van der Waals surface area (Å²) in [6.07, 6.45) is 6.34. The lowest BCUT2D eigenvalue weighted by atomic mass is 9.33. The Kier molecular flexibility index (Phi) is 13.6. The molecule has 1 aromatic heterocycles. The Morgan fingerprint density at radius 3 is 1.22 bits per heavy atom. The molecule has 2 aliphatic carbocycles. The van der Waals surface area contributed by atoms with E-state index in [1.807, 2.05) is 0 Å². The molecule has 2 saturated carbocycles. The third-order valence-electron chi connectivity index (χ3n) is 24.6. The highest BCUT2D eigenvalue weighted by molar-refractivity contribution is 7.00. The second-order valence-electron chi connectivity index (χ2n) is 32.8. The van der Waals surface area contributed by atoms with Gasteiger partial charge in [-0.05, 0) is 203 Å². The van der Waals surface area contributed by atoms with E-state index in [1.165, 1.54) is 209 Å². The summed E-state index contributed by atoms with van der Waals surface area (Å²) in [5.41, 5.74) is 30.3. The Hall–Kier alpha value is -11.4. The minimum atomic E-state index is -0.200. The Morgan fingerprint density at radius 2 is 0.731 bits per heavy atom. The molecule has 0 unspecified atom stereocenters. The fourth-order valence-electron chi connectivity index (χ4n) is 20.1. The van der Waals surface area contributed by atoms with E-state index in [0.717, 1.165) is 17.5 Å². The van der Waals surface area contributed by atoms with Crippen LogP contribution in [-0.2, 0) is 10.8 Å². The van der Waals surface area contributed by atoms with E-state index >= 15 is 0 Å². The zero-order chi connectivity index (χ0) is 69.4. The van der Waals surface area contributed by atoms with Crippen molar-refractivity contribution in [1.82, 2.24) is 4.57 Å². The van der Waals surface area contributed by atoms with Gasteiger partial charge in [0.2, 0.25) is 0 Å². The maximum atomic E-state index is 2.97. The van der Waals surface area contributed by atoms with Gasteiger partial charge in [0.05, 0.1) is 22.4 Å².